The van der Waals surface area contributed by atoms with Crippen LogP contribution in [-0.2, 0) is 27.1 Å². The number of benzene rings is 1. The molecule has 0 bridgehead atoms. The van der Waals surface area contributed by atoms with Crippen molar-refractivity contribution in [1.29, 1.82) is 0 Å². The second-order valence-electron chi connectivity index (χ2n) is 6.55. The number of aryl methyl sites for hydroxylation is 2. The maximum Gasteiger partial charge on any atom is 0.296 e. The summed E-state index contributed by atoms with van der Waals surface area (Å²) in [5.74, 6) is 0. The smallest absolute Gasteiger partial charge is 0.266 e. The first kappa shape index (κ1) is 17.2. The van der Waals surface area contributed by atoms with Crippen molar-refractivity contribution in [3.63, 3.8) is 0 Å². The lowest BCUT2D eigenvalue weighted by molar-refractivity contribution is 0.203. The maximum atomic E-state index is 12.1. The van der Waals surface area contributed by atoms with Crippen LogP contribution < -0.4 is 0 Å². The third-order valence-corrected chi connectivity index (χ3v) is 5.15. The van der Waals surface area contributed by atoms with E-state index in [2.05, 4.69) is 16.8 Å². The summed E-state index contributed by atoms with van der Waals surface area (Å²) in [5.41, 5.74) is 2.25. The third-order valence-electron chi connectivity index (χ3n) is 3.14. The first-order valence-electron chi connectivity index (χ1n) is 7.26. The van der Waals surface area contributed by atoms with Crippen molar-refractivity contribution in [2.24, 2.45) is 5.41 Å². The highest BCUT2D eigenvalue weighted by molar-refractivity contribution is 7.86. The largest absolute Gasteiger partial charge is 0.296 e. The molecule has 0 spiro atoms. The molecule has 2 aromatic rings. The second kappa shape index (κ2) is 6.94. The molecule has 120 valence electrons. The van der Waals surface area contributed by atoms with E-state index in [4.69, 9.17) is 4.18 Å². The number of thiophene rings is 1. The zero-order chi connectivity index (χ0) is 16.2. The Kier molecular flexibility index (Phi) is 5.42. The summed E-state index contributed by atoms with van der Waals surface area (Å²) < 4.78 is 29.3. The molecule has 0 aliphatic rings. The average Bonchev–Trinajstić information content (AvgIpc) is 2.96. The molecule has 2 rings (SSSR count). The Morgan fingerprint density at radius 2 is 1.64 bits per heavy atom. The molecule has 0 amide bonds. The molecule has 3 nitrogen and oxygen atoms in total. The van der Waals surface area contributed by atoms with Crippen LogP contribution in [0.5, 0.6) is 0 Å². The van der Waals surface area contributed by atoms with E-state index in [1.54, 1.807) is 23.5 Å². The van der Waals surface area contributed by atoms with Crippen LogP contribution in [0.3, 0.4) is 0 Å². The van der Waals surface area contributed by atoms with Crippen LogP contribution in [0, 0.1) is 5.41 Å². The molecule has 1 aromatic carbocycles. The van der Waals surface area contributed by atoms with Crippen LogP contribution in [0.25, 0.3) is 0 Å². The van der Waals surface area contributed by atoms with Gasteiger partial charge in [-0.05, 0) is 58.3 Å². The molecule has 0 saturated heterocycles. The van der Waals surface area contributed by atoms with Crippen LogP contribution in [-0.4, -0.2) is 15.0 Å². The Morgan fingerprint density at radius 3 is 2.18 bits per heavy atom. The van der Waals surface area contributed by atoms with E-state index in [0.717, 1.165) is 18.4 Å². The zero-order valence-electron chi connectivity index (χ0n) is 13.2. The monoisotopic (exact) mass is 338 g/mol. The molecule has 0 radical (unpaired) electrons. The molecule has 5 heteroatoms. The van der Waals surface area contributed by atoms with Crippen LogP contribution in [0.15, 0.2) is 46.0 Å². The lowest BCUT2D eigenvalue weighted by atomic mass is 9.99. The predicted molar refractivity (Wildman–Crippen MR) is 90.8 cm³/mol. The van der Waals surface area contributed by atoms with Crippen molar-refractivity contribution in [3.8, 4) is 0 Å². The summed E-state index contributed by atoms with van der Waals surface area (Å²) in [6.07, 6.45) is 1.87. The van der Waals surface area contributed by atoms with Gasteiger partial charge in [0.2, 0.25) is 0 Å². The number of rotatable bonds is 6. The topological polar surface area (TPSA) is 43.4 Å². The van der Waals surface area contributed by atoms with Gasteiger partial charge in [0, 0.05) is 0 Å². The summed E-state index contributed by atoms with van der Waals surface area (Å²) in [6.45, 7) is 6.00. The average molecular weight is 338 g/mol. The van der Waals surface area contributed by atoms with E-state index >= 15 is 0 Å². The number of hydrogen-bond acceptors (Lipinski definition) is 4. The quantitative estimate of drug-likeness (QED) is 0.738. The summed E-state index contributed by atoms with van der Waals surface area (Å²) in [4.78, 5) is 0.219. The standard InChI is InChI=1S/C17H22O3S2/c1-17(2,3)13-20-22(18,19)16-8-6-14(7-9-16)4-5-15-10-11-21-12-15/h6-12H,4-5,13H2,1-3H3. The third kappa shape index (κ3) is 5.23. The minimum atomic E-state index is -3.67. The van der Waals surface area contributed by atoms with Gasteiger partial charge in [0.15, 0.2) is 0 Å². The van der Waals surface area contributed by atoms with Gasteiger partial charge in [-0.2, -0.15) is 19.8 Å². The highest BCUT2D eigenvalue weighted by Crippen LogP contribution is 2.20. The molecule has 0 aliphatic heterocycles. The Bertz CT molecular complexity index is 679. The summed E-state index contributed by atoms with van der Waals surface area (Å²) in [5, 5.41) is 4.21. The van der Waals surface area contributed by atoms with E-state index in [0.29, 0.717) is 0 Å². The van der Waals surface area contributed by atoms with E-state index < -0.39 is 10.1 Å². The van der Waals surface area contributed by atoms with Crippen LogP contribution >= 0.6 is 11.3 Å². The summed E-state index contributed by atoms with van der Waals surface area (Å²) in [6, 6.07) is 9.09. The van der Waals surface area contributed by atoms with Gasteiger partial charge in [-0.1, -0.05) is 32.9 Å². The van der Waals surface area contributed by atoms with Crippen molar-refractivity contribution < 1.29 is 12.6 Å². The van der Waals surface area contributed by atoms with E-state index in [-0.39, 0.29) is 16.9 Å². The zero-order valence-corrected chi connectivity index (χ0v) is 14.8. The van der Waals surface area contributed by atoms with Crippen molar-refractivity contribution in [1.82, 2.24) is 0 Å². The highest BCUT2D eigenvalue weighted by atomic mass is 32.2. The lowest BCUT2D eigenvalue weighted by Crippen LogP contribution is -2.18. The Labute approximate surface area is 137 Å². The molecule has 22 heavy (non-hydrogen) atoms. The summed E-state index contributed by atoms with van der Waals surface area (Å²) in [7, 11) is -3.67. The minimum Gasteiger partial charge on any atom is -0.266 e. The molecule has 0 aliphatic carbocycles. The molecule has 0 N–H and O–H groups in total. The Hall–Kier alpha value is -1.17. The second-order valence-corrected chi connectivity index (χ2v) is 8.95. The van der Waals surface area contributed by atoms with Crippen LogP contribution in [0.4, 0.5) is 0 Å². The highest BCUT2D eigenvalue weighted by Gasteiger charge is 2.19. The van der Waals surface area contributed by atoms with Gasteiger partial charge >= 0.3 is 0 Å². The molecular weight excluding hydrogens is 316 g/mol. The molecule has 1 aromatic heterocycles. The van der Waals surface area contributed by atoms with E-state index in [1.165, 1.54) is 5.56 Å². The normalized spacial score (nSPS) is 12.5. The first-order chi connectivity index (χ1) is 10.3. The van der Waals surface area contributed by atoms with E-state index in [9.17, 15) is 8.42 Å². The predicted octanol–water partition coefficient (Wildman–Crippen LogP) is 4.28. The van der Waals surface area contributed by atoms with Gasteiger partial charge in [-0.25, -0.2) is 0 Å². The molecule has 0 saturated carbocycles. The Balaban J connectivity index is 1.98. The van der Waals surface area contributed by atoms with Crippen LogP contribution in [0.1, 0.15) is 31.9 Å². The Morgan fingerprint density at radius 1 is 1.00 bits per heavy atom. The fourth-order valence-electron chi connectivity index (χ4n) is 1.87. The lowest BCUT2D eigenvalue weighted by Gasteiger charge is -2.17. The van der Waals surface area contributed by atoms with Crippen molar-refractivity contribution in [2.75, 3.05) is 6.61 Å². The fraction of sp³-hybridized carbons (Fsp3) is 0.412. The van der Waals surface area contributed by atoms with Crippen molar-refractivity contribution in [2.45, 2.75) is 38.5 Å². The van der Waals surface area contributed by atoms with Crippen molar-refractivity contribution in [3.05, 3.63) is 52.2 Å². The minimum absolute atomic E-state index is 0.176. The maximum absolute atomic E-state index is 12.1. The molecular formula is C17H22O3S2. The molecule has 0 unspecified atom stereocenters. The van der Waals surface area contributed by atoms with Gasteiger partial charge in [-0.3, -0.25) is 4.18 Å². The van der Waals surface area contributed by atoms with Gasteiger partial charge in [0.25, 0.3) is 10.1 Å². The van der Waals surface area contributed by atoms with Crippen LogP contribution in [0.2, 0.25) is 0 Å². The van der Waals surface area contributed by atoms with Gasteiger partial charge in [-0.15, -0.1) is 0 Å². The van der Waals surface area contributed by atoms with Gasteiger partial charge < -0.3 is 0 Å². The molecule has 0 fully saturated rings. The van der Waals surface area contributed by atoms with Gasteiger partial charge in [0.05, 0.1) is 11.5 Å². The first-order valence-corrected chi connectivity index (χ1v) is 9.61. The molecule has 1 heterocycles. The van der Waals surface area contributed by atoms with Gasteiger partial charge in [0.1, 0.15) is 0 Å². The van der Waals surface area contributed by atoms with E-state index in [1.807, 2.05) is 32.9 Å². The fourth-order valence-corrected chi connectivity index (χ4v) is 3.69. The molecule has 0 atom stereocenters. The number of hydrogen-bond donors (Lipinski definition) is 0. The summed E-state index contributed by atoms with van der Waals surface area (Å²) >= 11 is 1.69. The SMILES string of the molecule is CC(C)(C)COS(=O)(=O)c1ccc(CCc2ccsc2)cc1. The van der Waals surface area contributed by atoms with Crippen molar-refractivity contribution >= 4 is 21.5 Å².